The average Bonchev–Trinajstić information content (AvgIpc) is 2.85. The highest BCUT2D eigenvalue weighted by Crippen LogP contribution is 2.39. The molecule has 2 aromatic rings. The van der Waals surface area contributed by atoms with Gasteiger partial charge in [-0.1, -0.05) is 11.8 Å². The Morgan fingerprint density at radius 3 is 3.12 bits per heavy atom. The predicted octanol–water partition coefficient (Wildman–Crippen LogP) is 2.38. The van der Waals surface area contributed by atoms with E-state index in [4.69, 9.17) is 11.0 Å². The number of fused-ring (bicyclic) bond motifs is 3. The van der Waals surface area contributed by atoms with Crippen molar-refractivity contribution in [1.29, 1.82) is 5.26 Å². The van der Waals surface area contributed by atoms with Crippen LogP contribution in [0.1, 0.15) is 16.9 Å². The fraction of sp³-hybridized carbons (Fsp3) is 0.364. The lowest BCUT2D eigenvalue weighted by atomic mass is 10.2. The Kier molecular flexibility index (Phi) is 2.65. The summed E-state index contributed by atoms with van der Waals surface area (Å²) in [6.07, 6.45) is 3.44. The fourth-order valence-electron chi connectivity index (χ4n) is 2.16. The molecule has 4 nitrogen and oxygen atoms in total. The van der Waals surface area contributed by atoms with Crippen LogP contribution in [0, 0.1) is 11.3 Å². The molecule has 6 heteroatoms. The van der Waals surface area contributed by atoms with E-state index in [9.17, 15) is 0 Å². The van der Waals surface area contributed by atoms with E-state index in [1.165, 1.54) is 28.6 Å². The van der Waals surface area contributed by atoms with E-state index < -0.39 is 0 Å². The monoisotopic (exact) mass is 262 g/mol. The van der Waals surface area contributed by atoms with Gasteiger partial charge in [0.1, 0.15) is 10.6 Å². The fourth-order valence-corrected chi connectivity index (χ4v) is 4.00. The minimum absolute atomic E-state index is 0.357. The van der Waals surface area contributed by atoms with Crippen LogP contribution < -0.4 is 5.73 Å². The Morgan fingerprint density at radius 2 is 2.29 bits per heavy atom. The first-order valence-corrected chi connectivity index (χ1v) is 7.17. The summed E-state index contributed by atoms with van der Waals surface area (Å²) in [7, 11) is 0. The third-order valence-corrected chi connectivity index (χ3v) is 4.74. The van der Waals surface area contributed by atoms with Crippen LogP contribution in [0.5, 0.6) is 0 Å². The number of rotatable bonds is 2. The zero-order valence-electron chi connectivity index (χ0n) is 9.06. The second-order valence-corrected chi connectivity index (χ2v) is 5.90. The van der Waals surface area contributed by atoms with Gasteiger partial charge in [-0.3, -0.25) is 0 Å². The van der Waals surface area contributed by atoms with E-state index in [0.29, 0.717) is 16.7 Å². The van der Waals surface area contributed by atoms with Gasteiger partial charge in [0.15, 0.2) is 5.16 Å². The molecule has 0 radical (unpaired) electrons. The predicted molar refractivity (Wildman–Crippen MR) is 70.2 cm³/mol. The lowest BCUT2D eigenvalue weighted by molar-refractivity contribution is 0.916. The van der Waals surface area contributed by atoms with Crippen LogP contribution in [0.15, 0.2) is 5.16 Å². The number of nitrogen functional groups attached to an aromatic ring is 1. The quantitative estimate of drug-likeness (QED) is 0.664. The first-order valence-electron chi connectivity index (χ1n) is 5.37. The summed E-state index contributed by atoms with van der Waals surface area (Å²) in [5.74, 6) is 0.922. The van der Waals surface area contributed by atoms with Gasteiger partial charge >= 0.3 is 0 Å². The van der Waals surface area contributed by atoms with Gasteiger partial charge in [0, 0.05) is 4.88 Å². The molecular weight excluding hydrogens is 252 g/mol. The van der Waals surface area contributed by atoms with Crippen molar-refractivity contribution in [1.82, 2.24) is 9.97 Å². The molecule has 0 aliphatic heterocycles. The highest BCUT2D eigenvalue weighted by Gasteiger charge is 2.21. The summed E-state index contributed by atoms with van der Waals surface area (Å²) in [5.41, 5.74) is 7.35. The minimum atomic E-state index is 0.357. The van der Waals surface area contributed by atoms with E-state index >= 15 is 0 Å². The van der Waals surface area contributed by atoms with Gasteiger partial charge in [0.2, 0.25) is 0 Å². The van der Waals surface area contributed by atoms with Crippen LogP contribution in [-0.2, 0) is 12.8 Å². The van der Waals surface area contributed by atoms with Crippen LogP contribution in [0.25, 0.3) is 10.2 Å². The molecule has 0 amide bonds. The highest BCUT2D eigenvalue weighted by atomic mass is 32.2. The number of nitriles is 1. The summed E-state index contributed by atoms with van der Waals surface area (Å²) in [5, 5.41) is 10.2. The Hall–Kier alpha value is -1.32. The van der Waals surface area contributed by atoms with Crippen molar-refractivity contribution in [2.45, 2.75) is 24.4 Å². The van der Waals surface area contributed by atoms with Gasteiger partial charge in [-0.2, -0.15) is 5.26 Å². The molecule has 1 aliphatic carbocycles. The van der Waals surface area contributed by atoms with Crippen molar-refractivity contribution in [3.63, 3.8) is 0 Å². The first-order chi connectivity index (χ1) is 8.29. The summed E-state index contributed by atoms with van der Waals surface area (Å²) in [4.78, 5) is 11.1. The molecule has 0 fully saturated rings. The molecular formula is C11H10N4S2. The minimum Gasteiger partial charge on any atom is -0.383 e. The number of aryl methyl sites for hydroxylation is 2. The molecule has 17 heavy (non-hydrogen) atoms. The van der Waals surface area contributed by atoms with E-state index in [1.54, 1.807) is 11.3 Å². The van der Waals surface area contributed by atoms with Crippen LogP contribution in [-0.4, -0.2) is 15.7 Å². The normalized spacial score (nSPS) is 13.8. The number of nitrogens with zero attached hydrogens (tertiary/aromatic N) is 3. The smallest absolute Gasteiger partial charge is 0.191 e. The summed E-state index contributed by atoms with van der Waals surface area (Å²) in [6, 6.07) is 2.07. The number of hydrogen-bond donors (Lipinski definition) is 1. The van der Waals surface area contributed by atoms with Crippen molar-refractivity contribution in [2.75, 3.05) is 11.5 Å². The number of thioether (sulfide) groups is 1. The Bertz CT molecular complexity index is 626. The molecule has 86 valence electrons. The number of thiophene rings is 1. The molecule has 0 atom stereocenters. The van der Waals surface area contributed by atoms with E-state index in [2.05, 4.69) is 16.0 Å². The lowest BCUT2D eigenvalue weighted by Crippen LogP contribution is -1.96. The van der Waals surface area contributed by atoms with Gasteiger partial charge in [-0.05, 0) is 24.8 Å². The van der Waals surface area contributed by atoms with Crippen LogP contribution in [0.4, 0.5) is 5.82 Å². The number of hydrogen-bond acceptors (Lipinski definition) is 6. The van der Waals surface area contributed by atoms with Crippen LogP contribution >= 0.6 is 23.1 Å². The topological polar surface area (TPSA) is 75.6 Å². The van der Waals surface area contributed by atoms with Crippen molar-refractivity contribution < 1.29 is 0 Å². The SMILES string of the molecule is N#CCSc1nc(N)c2c3c(sc2n1)CCC3. The third-order valence-electron chi connectivity index (χ3n) is 2.84. The van der Waals surface area contributed by atoms with Crippen molar-refractivity contribution in [3.05, 3.63) is 10.4 Å². The lowest BCUT2D eigenvalue weighted by Gasteiger charge is -2.01. The van der Waals surface area contributed by atoms with Gasteiger partial charge in [-0.15, -0.1) is 11.3 Å². The van der Waals surface area contributed by atoms with E-state index in [1.807, 2.05) is 0 Å². The van der Waals surface area contributed by atoms with Crippen molar-refractivity contribution >= 4 is 39.1 Å². The summed E-state index contributed by atoms with van der Waals surface area (Å²) >= 11 is 3.05. The molecule has 0 saturated heterocycles. The zero-order chi connectivity index (χ0) is 11.8. The van der Waals surface area contributed by atoms with Gasteiger partial charge in [0.25, 0.3) is 0 Å². The second-order valence-electron chi connectivity index (χ2n) is 3.88. The van der Waals surface area contributed by atoms with Crippen LogP contribution in [0.2, 0.25) is 0 Å². The molecule has 0 aromatic carbocycles. The van der Waals surface area contributed by atoms with Crippen molar-refractivity contribution in [3.8, 4) is 6.07 Å². The molecule has 2 heterocycles. The molecule has 3 rings (SSSR count). The second kappa shape index (κ2) is 4.17. The molecule has 0 saturated carbocycles. The highest BCUT2D eigenvalue weighted by molar-refractivity contribution is 7.99. The summed E-state index contributed by atoms with van der Waals surface area (Å²) < 4.78 is 0. The standard InChI is InChI=1S/C11H10N4S2/c12-4-5-16-11-14-9(13)8-6-2-1-3-7(6)17-10(8)15-11/h1-3,5H2,(H2,13,14,15). The number of aromatic nitrogens is 2. The third kappa shape index (κ3) is 1.75. The van der Waals surface area contributed by atoms with Crippen LogP contribution in [0.3, 0.4) is 0 Å². The zero-order valence-corrected chi connectivity index (χ0v) is 10.7. The van der Waals surface area contributed by atoms with Crippen molar-refractivity contribution in [2.24, 2.45) is 0 Å². The number of nitrogens with two attached hydrogens (primary N) is 1. The van der Waals surface area contributed by atoms with Gasteiger partial charge in [0.05, 0.1) is 17.2 Å². The molecule has 2 aromatic heterocycles. The molecule has 0 unspecified atom stereocenters. The largest absolute Gasteiger partial charge is 0.383 e. The Labute approximate surface area is 107 Å². The molecule has 0 bridgehead atoms. The Balaban J connectivity index is 2.12. The summed E-state index contributed by atoms with van der Waals surface area (Å²) in [6.45, 7) is 0. The maximum atomic E-state index is 8.55. The molecule has 0 spiro atoms. The molecule has 1 aliphatic rings. The number of anilines is 1. The maximum absolute atomic E-state index is 8.55. The molecule has 2 N–H and O–H groups in total. The van der Waals surface area contributed by atoms with Gasteiger partial charge in [-0.25, -0.2) is 9.97 Å². The van der Waals surface area contributed by atoms with E-state index in [-0.39, 0.29) is 0 Å². The van der Waals surface area contributed by atoms with Gasteiger partial charge < -0.3 is 5.73 Å². The first kappa shape index (κ1) is 10.8. The van der Waals surface area contributed by atoms with E-state index in [0.717, 1.165) is 23.1 Å². The maximum Gasteiger partial charge on any atom is 0.191 e. The average molecular weight is 262 g/mol. The Morgan fingerprint density at radius 1 is 1.41 bits per heavy atom.